The third-order valence-corrected chi connectivity index (χ3v) is 9.22. The molecule has 0 aromatic heterocycles. The normalized spacial score (nSPS) is 23.3. The first-order valence-corrected chi connectivity index (χ1v) is 20.3. The summed E-state index contributed by atoms with van der Waals surface area (Å²) in [7, 11) is -5.12. The van der Waals surface area contributed by atoms with Gasteiger partial charge in [-0.3, -0.25) is 9.35 Å². The molecule has 1 heterocycles. The van der Waals surface area contributed by atoms with Crippen molar-refractivity contribution in [3.8, 4) is 0 Å². The molecule has 0 saturated carbocycles. The van der Waals surface area contributed by atoms with Crippen LogP contribution in [0.15, 0.2) is 36.5 Å². The van der Waals surface area contributed by atoms with Gasteiger partial charge in [0.25, 0.3) is 0 Å². The molecule has 0 aromatic rings. The number of amides is 1. The van der Waals surface area contributed by atoms with Crippen molar-refractivity contribution in [3.63, 3.8) is 0 Å². The van der Waals surface area contributed by atoms with Crippen LogP contribution in [0.2, 0.25) is 0 Å². The van der Waals surface area contributed by atoms with Gasteiger partial charge in [0.1, 0.15) is 30.5 Å². The Balaban J connectivity index is 2.76. The van der Waals surface area contributed by atoms with Gasteiger partial charge >= 0.3 is 10.4 Å². The molecule has 0 spiro atoms. The molecule has 8 unspecified atom stereocenters. The minimum absolute atomic E-state index is 0.205. The highest BCUT2D eigenvalue weighted by Gasteiger charge is 2.48. The van der Waals surface area contributed by atoms with Gasteiger partial charge in [-0.15, -0.1) is 0 Å². The fourth-order valence-corrected chi connectivity index (χ4v) is 6.15. The second-order valence-corrected chi connectivity index (χ2v) is 14.3. The van der Waals surface area contributed by atoms with Gasteiger partial charge in [0.15, 0.2) is 6.29 Å². The number of hydrogen-bond donors (Lipinski definition) is 7. The SMILES string of the molecule is CCCCCC/C=C/CC/C=C/C(O)C(COC1OC(CO)C(O)C(OS(=O)(=O)O)C1O)NC(=O)C(O)CCCC/C=C\CCCCCCCC. The Kier molecular flexibility index (Phi) is 26.7. The molecule has 0 radical (unpaired) electrons. The van der Waals surface area contributed by atoms with Crippen molar-refractivity contribution in [3.05, 3.63) is 36.5 Å². The van der Waals surface area contributed by atoms with Crippen molar-refractivity contribution in [2.45, 2.75) is 178 Å². The predicted molar refractivity (Wildman–Crippen MR) is 196 cm³/mol. The van der Waals surface area contributed by atoms with Crippen molar-refractivity contribution in [2.75, 3.05) is 13.2 Å². The minimum Gasteiger partial charge on any atom is -0.394 e. The molecule has 0 aliphatic carbocycles. The summed E-state index contributed by atoms with van der Waals surface area (Å²) in [5, 5.41) is 54.7. The van der Waals surface area contributed by atoms with E-state index in [1.807, 2.05) is 0 Å². The van der Waals surface area contributed by atoms with E-state index in [4.69, 9.17) is 14.0 Å². The fourth-order valence-electron chi connectivity index (χ4n) is 5.64. The van der Waals surface area contributed by atoms with Crippen molar-refractivity contribution in [1.82, 2.24) is 5.32 Å². The number of hydrogen-bond acceptors (Lipinski definition) is 11. The van der Waals surface area contributed by atoms with Gasteiger partial charge in [-0.25, -0.2) is 4.18 Å². The average Bonchev–Trinajstić information content (AvgIpc) is 3.09. The number of aliphatic hydroxyl groups is 5. The summed E-state index contributed by atoms with van der Waals surface area (Å²) < 4.78 is 47.1. The summed E-state index contributed by atoms with van der Waals surface area (Å²) in [6, 6.07) is -1.14. The number of rotatable bonds is 30. The third kappa shape index (κ3) is 22.2. The highest BCUT2D eigenvalue weighted by Crippen LogP contribution is 2.26. The smallest absolute Gasteiger partial charge is 0.394 e. The lowest BCUT2D eigenvalue weighted by Crippen LogP contribution is -2.61. The molecule has 0 aromatic carbocycles. The Bertz CT molecular complexity index is 1090. The van der Waals surface area contributed by atoms with Crippen LogP contribution in [0.4, 0.5) is 0 Å². The van der Waals surface area contributed by atoms with Crippen molar-refractivity contribution >= 4 is 16.3 Å². The Morgan fingerprint density at radius 1 is 0.784 bits per heavy atom. The molecule has 7 N–H and O–H groups in total. The first kappa shape index (κ1) is 47.3. The van der Waals surface area contributed by atoms with Crippen LogP contribution < -0.4 is 5.32 Å². The van der Waals surface area contributed by atoms with E-state index in [-0.39, 0.29) is 6.42 Å². The van der Waals surface area contributed by atoms with E-state index in [2.05, 4.69) is 47.7 Å². The third-order valence-electron chi connectivity index (χ3n) is 8.75. The predicted octanol–water partition coefficient (Wildman–Crippen LogP) is 4.57. The molecule has 1 saturated heterocycles. The van der Waals surface area contributed by atoms with E-state index in [1.54, 1.807) is 6.08 Å². The van der Waals surface area contributed by atoms with Crippen molar-refractivity contribution < 1.29 is 57.0 Å². The quantitative estimate of drug-likeness (QED) is 0.0306. The zero-order valence-electron chi connectivity index (χ0n) is 30.8. The molecule has 13 nitrogen and oxygen atoms in total. The molecule has 1 aliphatic rings. The van der Waals surface area contributed by atoms with Crippen LogP contribution in [0, 0.1) is 0 Å². The molecular weight excluding hydrogens is 682 g/mol. The molecule has 1 amide bonds. The van der Waals surface area contributed by atoms with Crippen LogP contribution >= 0.6 is 0 Å². The Morgan fingerprint density at radius 3 is 1.90 bits per heavy atom. The number of allylic oxidation sites excluding steroid dienone is 5. The van der Waals surface area contributed by atoms with Crippen molar-refractivity contribution in [1.29, 1.82) is 0 Å². The zero-order valence-corrected chi connectivity index (χ0v) is 31.6. The van der Waals surface area contributed by atoms with Crippen LogP contribution in [0.1, 0.15) is 129 Å². The lowest BCUT2D eigenvalue weighted by atomic mass is 9.99. The monoisotopic (exact) mass is 749 g/mol. The van der Waals surface area contributed by atoms with Crippen LogP contribution in [0.5, 0.6) is 0 Å². The van der Waals surface area contributed by atoms with E-state index in [9.17, 15) is 38.7 Å². The number of carbonyl (C=O) groups is 1. The van der Waals surface area contributed by atoms with Crippen LogP contribution in [-0.2, 0) is 28.9 Å². The maximum atomic E-state index is 13.0. The topological polar surface area (TPSA) is 212 Å². The van der Waals surface area contributed by atoms with Gasteiger partial charge < -0.3 is 40.3 Å². The maximum absolute atomic E-state index is 13.0. The maximum Gasteiger partial charge on any atom is 0.397 e. The summed E-state index contributed by atoms with van der Waals surface area (Å²) >= 11 is 0. The first-order chi connectivity index (χ1) is 24.4. The highest BCUT2D eigenvalue weighted by atomic mass is 32.3. The largest absolute Gasteiger partial charge is 0.397 e. The zero-order chi connectivity index (χ0) is 37.9. The van der Waals surface area contributed by atoms with Crippen LogP contribution in [0.3, 0.4) is 0 Å². The van der Waals surface area contributed by atoms with Crippen molar-refractivity contribution in [2.24, 2.45) is 0 Å². The fraction of sp³-hybridized carbons (Fsp3) is 0.811. The summed E-state index contributed by atoms with van der Waals surface area (Å²) in [6.45, 7) is 3.08. The van der Waals surface area contributed by atoms with E-state index < -0.39 is 78.5 Å². The minimum atomic E-state index is -5.12. The van der Waals surface area contributed by atoms with Gasteiger partial charge in [-0.05, 0) is 57.8 Å². The van der Waals surface area contributed by atoms with E-state index >= 15 is 0 Å². The molecule has 8 atom stereocenters. The second kappa shape index (κ2) is 28.7. The number of nitrogens with one attached hydrogen (secondary N) is 1. The highest BCUT2D eigenvalue weighted by molar-refractivity contribution is 7.80. The average molecular weight is 750 g/mol. The van der Waals surface area contributed by atoms with E-state index in [0.717, 1.165) is 38.5 Å². The Morgan fingerprint density at radius 2 is 1.31 bits per heavy atom. The van der Waals surface area contributed by atoms with Gasteiger partial charge in [0.05, 0.1) is 25.4 Å². The van der Waals surface area contributed by atoms with Gasteiger partial charge in [-0.1, -0.05) is 108 Å². The summed E-state index contributed by atoms with van der Waals surface area (Å²) in [5.41, 5.74) is 0. The number of carbonyl (C=O) groups excluding carboxylic acids is 1. The Labute approximate surface area is 306 Å². The summed E-state index contributed by atoms with van der Waals surface area (Å²) in [5.74, 6) is -0.734. The molecule has 51 heavy (non-hydrogen) atoms. The van der Waals surface area contributed by atoms with E-state index in [1.165, 1.54) is 63.9 Å². The molecule has 14 heteroatoms. The van der Waals surface area contributed by atoms with Gasteiger partial charge in [0.2, 0.25) is 5.91 Å². The summed E-state index contributed by atoms with van der Waals surface area (Å²) in [4.78, 5) is 13.0. The Hall–Kier alpha value is -1.72. The van der Waals surface area contributed by atoms with Gasteiger partial charge in [0, 0.05) is 0 Å². The second-order valence-electron chi connectivity index (χ2n) is 13.3. The lowest BCUT2D eigenvalue weighted by Gasteiger charge is -2.41. The number of ether oxygens (including phenoxy) is 2. The number of aliphatic hydroxyl groups excluding tert-OH is 5. The molecule has 1 aliphatic heterocycles. The molecule has 1 rings (SSSR count). The lowest BCUT2D eigenvalue weighted by molar-refractivity contribution is -0.298. The van der Waals surface area contributed by atoms with E-state index in [0.29, 0.717) is 12.8 Å². The molecule has 298 valence electrons. The first-order valence-electron chi connectivity index (χ1n) is 19.0. The standard InChI is InChI=1S/C37H67NO12S/c1-3-5-7-9-11-13-15-16-18-20-22-24-26-31(41)36(44)38-29(30(40)25-23-21-19-17-14-12-10-8-6-4-2)28-48-37-34(43)35(50-51(45,46)47)33(42)32(27-39)49-37/h14,16-18,23,25,29-35,37,39-43H,3-13,15,19-22,24,26-28H2,1-2H3,(H,38,44)(H,45,46,47)/b17-14+,18-16-,25-23+. The van der Waals surface area contributed by atoms with Gasteiger partial charge in [-0.2, -0.15) is 8.42 Å². The molecular formula is C37H67NO12S. The molecule has 1 fully saturated rings. The molecule has 0 bridgehead atoms. The van der Waals surface area contributed by atoms with Crippen LogP contribution in [-0.4, -0.2) is 107 Å². The van der Waals surface area contributed by atoms with Crippen LogP contribution in [0.25, 0.3) is 0 Å². The summed E-state index contributed by atoms with van der Waals surface area (Å²) in [6.07, 6.45) is 18.4. The number of unbranched alkanes of at least 4 members (excludes halogenated alkanes) is 13.